The maximum Gasteiger partial charge on any atom is 0.331 e. The standard InChI is InChI=1S/C13H15N3O/c1-9-6-10(2)12(11(3)7-9)15-13(17)16-5-4-14-8-16/h4-8H,1-3H3,(H,15,17). The largest absolute Gasteiger partial charge is 0.331 e. The summed E-state index contributed by atoms with van der Waals surface area (Å²) < 4.78 is 1.42. The van der Waals surface area contributed by atoms with Crippen LogP contribution in [-0.4, -0.2) is 15.6 Å². The molecule has 0 saturated heterocycles. The number of hydrogen-bond donors (Lipinski definition) is 1. The summed E-state index contributed by atoms with van der Waals surface area (Å²) in [5.74, 6) is 0. The Morgan fingerprint density at radius 3 is 2.41 bits per heavy atom. The van der Waals surface area contributed by atoms with E-state index >= 15 is 0 Å². The minimum atomic E-state index is -0.197. The molecule has 1 heterocycles. The Balaban J connectivity index is 2.28. The zero-order valence-electron chi connectivity index (χ0n) is 10.2. The predicted molar refractivity (Wildman–Crippen MR) is 67.3 cm³/mol. The molecule has 1 aromatic carbocycles. The molecule has 0 aliphatic heterocycles. The predicted octanol–water partition coefficient (Wildman–Crippen LogP) is 2.89. The van der Waals surface area contributed by atoms with Crippen molar-refractivity contribution in [1.82, 2.24) is 9.55 Å². The highest BCUT2D eigenvalue weighted by Crippen LogP contribution is 2.21. The lowest BCUT2D eigenvalue weighted by Crippen LogP contribution is -2.19. The van der Waals surface area contributed by atoms with E-state index in [1.165, 1.54) is 16.5 Å². The van der Waals surface area contributed by atoms with E-state index in [0.717, 1.165) is 16.8 Å². The van der Waals surface area contributed by atoms with Gasteiger partial charge in [0.05, 0.1) is 0 Å². The van der Waals surface area contributed by atoms with Crippen molar-refractivity contribution in [3.8, 4) is 0 Å². The molecule has 4 heteroatoms. The number of imidazole rings is 1. The molecule has 0 radical (unpaired) electrons. The molecule has 0 saturated carbocycles. The number of hydrogen-bond acceptors (Lipinski definition) is 2. The van der Waals surface area contributed by atoms with Gasteiger partial charge in [-0.2, -0.15) is 0 Å². The van der Waals surface area contributed by atoms with E-state index in [4.69, 9.17) is 0 Å². The van der Waals surface area contributed by atoms with Crippen molar-refractivity contribution in [3.63, 3.8) is 0 Å². The number of aromatic nitrogens is 2. The van der Waals surface area contributed by atoms with Gasteiger partial charge in [-0.1, -0.05) is 17.7 Å². The first kappa shape index (κ1) is 11.4. The lowest BCUT2D eigenvalue weighted by Gasteiger charge is -2.12. The van der Waals surface area contributed by atoms with E-state index in [2.05, 4.69) is 22.4 Å². The molecule has 0 aliphatic rings. The number of nitrogens with one attached hydrogen (secondary N) is 1. The van der Waals surface area contributed by atoms with Crippen molar-refractivity contribution in [3.05, 3.63) is 47.5 Å². The zero-order valence-corrected chi connectivity index (χ0v) is 10.2. The maximum atomic E-state index is 11.9. The van der Waals surface area contributed by atoms with Crippen LogP contribution in [0.25, 0.3) is 0 Å². The van der Waals surface area contributed by atoms with Gasteiger partial charge in [-0.25, -0.2) is 9.78 Å². The molecule has 0 aliphatic carbocycles. The minimum absolute atomic E-state index is 0.197. The number of amides is 1. The normalized spacial score (nSPS) is 10.3. The number of benzene rings is 1. The molecule has 88 valence electrons. The average Bonchev–Trinajstić information content (AvgIpc) is 2.76. The number of carbonyl (C=O) groups excluding carboxylic acids is 1. The van der Waals surface area contributed by atoms with E-state index in [1.54, 1.807) is 12.4 Å². The first-order chi connectivity index (χ1) is 8.08. The van der Waals surface area contributed by atoms with Crippen LogP contribution in [0.3, 0.4) is 0 Å². The zero-order chi connectivity index (χ0) is 12.4. The molecule has 0 spiro atoms. The highest BCUT2D eigenvalue weighted by Gasteiger charge is 2.09. The van der Waals surface area contributed by atoms with Crippen molar-refractivity contribution in [2.75, 3.05) is 5.32 Å². The van der Waals surface area contributed by atoms with Gasteiger partial charge in [-0.05, 0) is 31.9 Å². The van der Waals surface area contributed by atoms with Crippen LogP contribution in [0.4, 0.5) is 10.5 Å². The molecule has 0 atom stereocenters. The van der Waals surface area contributed by atoms with E-state index in [-0.39, 0.29) is 6.03 Å². The number of nitrogens with zero attached hydrogens (tertiary/aromatic N) is 2. The Labute approximate surface area is 100 Å². The van der Waals surface area contributed by atoms with Crippen LogP contribution < -0.4 is 5.32 Å². The summed E-state index contributed by atoms with van der Waals surface area (Å²) in [5.41, 5.74) is 4.20. The van der Waals surface area contributed by atoms with Crippen molar-refractivity contribution in [2.24, 2.45) is 0 Å². The lowest BCUT2D eigenvalue weighted by molar-refractivity contribution is 0.253. The smallest absolute Gasteiger partial charge is 0.307 e. The van der Waals surface area contributed by atoms with Crippen molar-refractivity contribution < 1.29 is 4.79 Å². The molecule has 17 heavy (non-hydrogen) atoms. The maximum absolute atomic E-state index is 11.9. The fraction of sp³-hybridized carbons (Fsp3) is 0.231. The molecule has 2 aromatic rings. The van der Waals surface area contributed by atoms with Crippen LogP contribution in [-0.2, 0) is 0 Å². The molecular weight excluding hydrogens is 214 g/mol. The van der Waals surface area contributed by atoms with E-state index in [0.29, 0.717) is 0 Å². The van der Waals surface area contributed by atoms with Crippen molar-refractivity contribution >= 4 is 11.7 Å². The topological polar surface area (TPSA) is 46.9 Å². The van der Waals surface area contributed by atoms with E-state index in [9.17, 15) is 4.79 Å². The van der Waals surface area contributed by atoms with Crippen LogP contribution >= 0.6 is 0 Å². The molecule has 2 rings (SSSR count). The summed E-state index contributed by atoms with van der Waals surface area (Å²) >= 11 is 0. The van der Waals surface area contributed by atoms with Gasteiger partial charge in [0, 0.05) is 18.1 Å². The Morgan fingerprint density at radius 2 is 1.88 bits per heavy atom. The summed E-state index contributed by atoms with van der Waals surface area (Å²) in [6, 6.07) is 3.91. The third-order valence-corrected chi connectivity index (χ3v) is 2.65. The van der Waals surface area contributed by atoms with Gasteiger partial charge in [0.15, 0.2) is 0 Å². The Bertz CT molecular complexity index is 521. The van der Waals surface area contributed by atoms with E-state index < -0.39 is 0 Å². The quantitative estimate of drug-likeness (QED) is 0.817. The first-order valence-corrected chi connectivity index (χ1v) is 5.45. The van der Waals surface area contributed by atoms with Gasteiger partial charge in [-0.15, -0.1) is 0 Å². The van der Waals surface area contributed by atoms with Crippen LogP contribution in [0.5, 0.6) is 0 Å². The Hall–Kier alpha value is -2.10. The number of carbonyl (C=O) groups is 1. The summed E-state index contributed by atoms with van der Waals surface area (Å²) in [5, 5.41) is 2.89. The second-order valence-corrected chi connectivity index (χ2v) is 4.17. The fourth-order valence-corrected chi connectivity index (χ4v) is 1.93. The molecule has 4 nitrogen and oxygen atoms in total. The lowest BCUT2D eigenvalue weighted by atomic mass is 10.1. The minimum Gasteiger partial charge on any atom is -0.307 e. The van der Waals surface area contributed by atoms with Gasteiger partial charge >= 0.3 is 6.03 Å². The van der Waals surface area contributed by atoms with Gasteiger partial charge in [0.25, 0.3) is 0 Å². The Kier molecular flexibility index (Phi) is 2.95. The van der Waals surface area contributed by atoms with Crippen LogP contribution in [0.2, 0.25) is 0 Å². The van der Waals surface area contributed by atoms with Gasteiger partial charge in [0.1, 0.15) is 6.33 Å². The second kappa shape index (κ2) is 4.41. The van der Waals surface area contributed by atoms with Gasteiger partial charge in [-0.3, -0.25) is 4.57 Å². The highest BCUT2D eigenvalue weighted by molar-refractivity contribution is 5.92. The summed E-state index contributed by atoms with van der Waals surface area (Å²) in [6.45, 7) is 6.02. The fourth-order valence-electron chi connectivity index (χ4n) is 1.93. The molecule has 1 amide bonds. The second-order valence-electron chi connectivity index (χ2n) is 4.17. The van der Waals surface area contributed by atoms with Gasteiger partial charge in [0.2, 0.25) is 0 Å². The molecular formula is C13H15N3O. The number of aryl methyl sites for hydroxylation is 3. The first-order valence-electron chi connectivity index (χ1n) is 5.45. The van der Waals surface area contributed by atoms with Crippen LogP contribution in [0, 0.1) is 20.8 Å². The summed E-state index contributed by atoms with van der Waals surface area (Å²) in [7, 11) is 0. The number of anilines is 1. The SMILES string of the molecule is Cc1cc(C)c(NC(=O)n2ccnc2)c(C)c1. The summed E-state index contributed by atoms with van der Waals surface area (Å²) in [4.78, 5) is 15.7. The molecule has 1 N–H and O–H groups in total. The number of rotatable bonds is 1. The van der Waals surface area contributed by atoms with E-state index in [1.807, 2.05) is 20.8 Å². The molecule has 0 fully saturated rings. The molecule has 1 aromatic heterocycles. The highest BCUT2D eigenvalue weighted by atomic mass is 16.2. The van der Waals surface area contributed by atoms with Crippen LogP contribution in [0.1, 0.15) is 16.7 Å². The van der Waals surface area contributed by atoms with Crippen LogP contribution in [0.15, 0.2) is 30.9 Å². The third-order valence-electron chi connectivity index (χ3n) is 2.65. The third kappa shape index (κ3) is 2.36. The molecule has 0 unspecified atom stereocenters. The summed E-state index contributed by atoms with van der Waals surface area (Å²) in [6.07, 6.45) is 4.68. The molecule has 0 bridgehead atoms. The van der Waals surface area contributed by atoms with Crippen molar-refractivity contribution in [2.45, 2.75) is 20.8 Å². The average molecular weight is 229 g/mol. The van der Waals surface area contributed by atoms with Crippen molar-refractivity contribution in [1.29, 1.82) is 0 Å². The van der Waals surface area contributed by atoms with Gasteiger partial charge < -0.3 is 5.32 Å². The monoisotopic (exact) mass is 229 g/mol. The Morgan fingerprint density at radius 1 is 1.24 bits per heavy atom.